The molecule has 2 aromatic heterocycles. The van der Waals surface area contributed by atoms with E-state index in [1.54, 1.807) is 23.0 Å². The van der Waals surface area contributed by atoms with E-state index in [1.165, 1.54) is 6.20 Å². The van der Waals surface area contributed by atoms with Crippen LogP contribution in [0.5, 0.6) is 0 Å². The van der Waals surface area contributed by atoms with Crippen LogP contribution < -0.4 is 0 Å². The molecule has 2 heterocycles. The number of esters is 1. The van der Waals surface area contributed by atoms with Crippen LogP contribution in [0.3, 0.4) is 0 Å². The fourth-order valence-corrected chi connectivity index (χ4v) is 2.89. The zero-order chi connectivity index (χ0) is 17.8. The summed E-state index contributed by atoms with van der Waals surface area (Å²) in [6, 6.07) is 21.5. The molecule has 5 nitrogen and oxygen atoms in total. The summed E-state index contributed by atoms with van der Waals surface area (Å²) in [5.74, 6) is -0.427. The van der Waals surface area contributed by atoms with Crippen LogP contribution in [0, 0.1) is 0 Å². The maximum atomic E-state index is 12.8. The number of rotatable bonds is 5. The molecule has 0 aliphatic heterocycles. The highest BCUT2D eigenvalue weighted by molar-refractivity contribution is 5.95. The van der Waals surface area contributed by atoms with Crippen molar-refractivity contribution in [3.63, 3.8) is 0 Å². The summed E-state index contributed by atoms with van der Waals surface area (Å²) in [4.78, 5) is 17.0. The van der Waals surface area contributed by atoms with Crippen molar-refractivity contribution in [1.29, 1.82) is 0 Å². The van der Waals surface area contributed by atoms with Crippen molar-refractivity contribution in [2.75, 3.05) is 0 Å². The first kappa shape index (κ1) is 16.0. The van der Waals surface area contributed by atoms with E-state index >= 15 is 0 Å². The lowest BCUT2D eigenvalue weighted by Gasteiger charge is -2.18. The summed E-state index contributed by atoms with van der Waals surface area (Å²) in [7, 11) is 0. The van der Waals surface area contributed by atoms with E-state index in [-0.39, 0.29) is 6.10 Å². The van der Waals surface area contributed by atoms with Crippen LogP contribution in [0.15, 0.2) is 85.3 Å². The number of hydrogen-bond acceptors (Lipinski definition) is 4. The van der Waals surface area contributed by atoms with E-state index in [0.717, 1.165) is 11.1 Å². The van der Waals surface area contributed by atoms with Crippen molar-refractivity contribution >= 4 is 11.6 Å². The minimum absolute atomic E-state index is 0.361. The first-order valence-corrected chi connectivity index (χ1v) is 8.39. The van der Waals surface area contributed by atoms with Crippen molar-refractivity contribution in [1.82, 2.24) is 14.6 Å². The van der Waals surface area contributed by atoms with Crippen molar-refractivity contribution in [2.45, 2.75) is 12.5 Å². The van der Waals surface area contributed by atoms with E-state index in [1.807, 2.05) is 60.7 Å². The van der Waals surface area contributed by atoms with E-state index in [9.17, 15) is 4.79 Å². The zero-order valence-electron chi connectivity index (χ0n) is 14.0. The average molecular weight is 343 g/mol. The molecular formula is C21H17N3O2. The summed E-state index contributed by atoms with van der Waals surface area (Å²) in [6.45, 7) is 0. The minimum atomic E-state index is -0.427. The standard InChI is InChI=1S/C21H17N3O2/c25-21(18-15-23-24-13-7-12-22-20(18)24)26-19(17-10-5-2-6-11-17)14-16-8-3-1-4-9-16/h1-13,15,19H,14H2. The smallest absolute Gasteiger partial charge is 0.344 e. The molecule has 0 radical (unpaired) electrons. The molecule has 128 valence electrons. The van der Waals surface area contributed by atoms with E-state index < -0.39 is 5.97 Å². The van der Waals surface area contributed by atoms with E-state index in [2.05, 4.69) is 10.1 Å². The summed E-state index contributed by atoms with van der Waals surface area (Å²) in [5.41, 5.74) is 2.91. The molecular weight excluding hydrogens is 326 g/mol. The van der Waals surface area contributed by atoms with Crippen molar-refractivity contribution in [3.8, 4) is 0 Å². The van der Waals surface area contributed by atoms with Gasteiger partial charge in [0.15, 0.2) is 5.65 Å². The summed E-state index contributed by atoms with van der Waals surface area (Å²) < 4.78 is 7.42. The molecule has 4 aromatic rings. The number of carbonyl (C=O) groups excluding carboxylic acids is 1. The van der Waals surface area contributed by atoms with Gasteiger partial charge in [0.1, 0.15) is 11.7 Å². The second kappa shape index (κ2) is 7.19. The predicted octanol–water partition coefficient (Wildman–Crippen LogP) is 3.87. The van der Waals surface area contributed by atoms with Gasteiger partial charge in [-0.2, -0.15) is 5.10 Å². The number of nitrogens with zero attached hydrogens (tertiary/aromatic N) is 3. The lowest BCUT2D eigenvalue weighted by Crippen LogP contribution is -2.14. The van der Waals surface area contributed by atoms with Gasteiger partial charge >= 0.3 is 5.97 Å². The summed E-state index contributed by atoms with van der Waals surface area (Å²) in [6.07, 6.45) is 5.09. The molecule has 0 amide bonds. The normalized spacial score (nSPS) is 12.0. The van der Waals surface area contributed by atoms with Gasteiger partial charge in [0, 0.05) is 18.8 Å². The molecule has 4 rings (SSSR count). The maximum absolute atomic E-state index is 12.8. The van der Waals surface area contributed by atoms with Crippen LogP contribution in [-0.4, -0.2) is 20.6 Å². The zero-order valence-corrected chi connectivity index (χ0v) is 14.0. The highest BCUT2D eigenvalue weighted by Gasteiger charge is 2.21. The van der Waals surface area contributed by atoms with Gasteiger partial charge in [0.05, 0.1) is 6.20 Å². The molecule has 0 saturated heterocycles. The highest BCUT2D eigenvalue weighted by atomic mass is 16.5. The van der Waals surface area contributed by atoms with Crippen molar-refractivity contribution < 1.29 is 9.53 Å². The molecule has 0 N–H and O–H groups in total. The Morgan fingerprint density at radius 1 is 1.00 bits per heavy atom. The van der Waals surface area contributed by atoms with Gasteiger partial charge in [0.2, 0.25) is 0 Å². The Labute approximate surface area is 150 Å². The molecule has 0 aliphatic rings. The van der Waals surface area contributed by atoms with Gasteiger partial charge in [-0.3, -0.25) is 0 Å². The van der Waals surface area contributed by atoms with Gasteiger partial charge in [-0.25, -0.2) is 14.3 Å². The maximum Gasteiger partial charge on any atom is 0.344 e. The van der Waals surface area contributed by atoms with Gasteiger partial charge in [0.25, 0.3) is 0 Å². The largest absolute Gasteiger partial charge is 0.453 e. The number of ether oxygens (including phenoxy) is 1. The Hall–Kier alpha value is -3.47. The SMILES string of the molecule is O=C(OC(Cc1ccccc1)c1ccccc1)c1cnn2cccnc12. The predicted molar refractivity (Wildman–Crippen MR) is 97.7 cm³/mol. The highest BCUT2D eigenvalue weighted by Crippen LogP contribution is 2.24. The lowest BCUT2D eigenvalue weighted by atomic mass is 10.0. The van der Waals surface area contributed by atoms with Gasteiger partial charge in [-0.15, -0.1) is 0 Å². The van der Waals surface area contributed by atoms with Crippen LogP contribution in [0.25, 0.3) is 5.65 Å². The summed E-state index contributed by atoms with van der Waals surface area (Å²) in [5, 5.41) is 4.16. The summed E-state index contributed by atoms with van der Waals surface area (Å²) >= 11 is 0. The third-order valence-corrected chi connectivity index (χ3v) is 4.18. The number of benzene rings is 2. The van der Waals surface area contributed by atoms with Crippen LogP contribution >= 0.6 is 0 Å². The molecule has 0 saturated carbocycles. The molecule has 0 aliphatic carbocycles. The Morgan fingerprint density at radius 2 is 1.73 bits per heavy atom. The monoisotopic (exact) mass is 343 g/mol. The van der Waals surface area contributed by atoms with E-state index in [4.69, 9.17) is 4.74 Å². The molecule has 5 heteroatoms. The van der Waals surface area contributed by atoms with Crippen LogP contribution in [0.2, 0.25) is 0 Å². The van der Waals surface area contributed by atoms with Crippen LogP contribution in [-0.2, 0) is 11.2 Å². The second-order valence-corrected chi connectivity index (χ2v) is 5.94. The Morgan fingerprint density at radius 3 is 2.50 bits per heavy atom. The minimum Gasteiger partial charge on any atom is -0.453 e. The molecule has 0 bridgehead atoms. The molecule has 0 fully saturated rings. The number of hydrogen-bond donors (Lipinski definition) is 0. The first-order chi connectivity index (χ1) is 12.8. The number of carbonyl (C=O) groups is 1. The average Bonchev–Trinajstić information content (AvgIpc) is 3.13. The molecule has 1 unspecified atom stereocenters. The quantitative estimate of drug-likeness (QED) is 0.516. The lowest BCUT2D eigenvalue weighted by molar-refractivity contribution is 0.0299. The third kappa shape index (κ3) is 3.32. The Bertz CT molecular complexity index is 1010. The number of fused-ring (bicyclic) bond motifs is 1. The second-order valence-electron chi connectivity index (χ2n) is 5.94. The van der Waals surface area contributed by atoms with Crippen molar-refractivity contribution in [3.05, 3.63) is 102 Å². The van der Waals surface area contributed by atoms with E-state index in [0.29, 0.717) is 17.6 Å². The van der Waals surface area contributed by atoms with Gasteiger partial charge in [-0.1, -0.05) is 60.7 Å². The molecule has 26 heavy (non-hydrogen) atoms. The topological polar surface area (TPSA) is 56.5 Å². The van der Waals surface area contributed by atoms with Crippen molar-refractivity contribution in [2.24, 2.45) is 0 Å². The Balaban J connectivity index is 1.63. The Kier molecular flexibility index (Phi) is 4.43. The van der Waals surface area contributed by atoms with Gasteiger partial charge < -0.3 is 4.74 Å². The molecule has 0 spiro atoms. The van der Waals surface area contributed by atoms with Crippen LogP contribution in [0.4, 0.5) is 0 Å². The first-order valence-electron chi connectivity index (χ1n) is 8.39. The van der Waals surface area contributed by atoms with Crippen LogP contribution in [0.1, 0.15) is 27.6 Å². The fraction of sp³-hybridized carbons (Fsp3) is 0.0952. The third-order valence-electron chi connectivity index (χ3n) is 4.18. The van der Waals surface area contributed by atoms with Gasteiger partial charge in [-0.05, 0) is 17.2 Å². The molecule has 2 aromatic carbocycles. The number of aromatic nitrogens is 3. The molecule has 1 atom stereocenters. The fourth-order valence-electron chi connectivity index (χ4n) is 2.89.